The van der Waals surface area contributed by atoms with E-state index in [1.54, 1.807) is 35.8 Å². The Morgan fingerprint density at radius 3 is 2.75 bits per heavy atom. The van der Waals surface area contributed by atoms with Gasteiger partial charge in [0.05, 0.1) is 12.8 Å². The molecular weight excluding hydrogens is 380 g/mol. The lowest BCUT2D eigenvalue weighted by Crippen LogP contribution is -2.12. The molecule has 3 N–H and O–H groups in total. The first-order valence-corrected chi connectivity index (χ1v) is 9.22. The number of nitrogens with one attached hydrogen (secondary N) is 1. The average molecular weight is 396 g/mol. The normalized spacial score (nSPS) is 11.1. The van der Waals surface area contributed by atoms with Crippen molar-refractivity contribution in [3.63, 3.8) is 0 Å². The molecule has 0 bridgehead atoms. The number of hydrogen-bond donors (Lipinski definition) is 3. The molecule has 0 radical (unpaired) electrons. The van der Waals surface area contributed by atoms with Gasteiger partial charge in [-0.3, -0.25) is 4.79 Å². The van der Waals surface area contributed by atoms with Crippen molar-refractivity contribution < 1.29 is 24.2 Å². The van der Waals surface area contributed by atoms with Gasteiger partial charge in [0.15, 0.2) is 12.1 Å². The van der Waals surface area contributed by atoms with Crippen molar-refractivity contribution in [3.8, 4) is 16.3 Å². The fourth-order valence-electron chi connectivity index (χ4n) is 2.86. The molecule has 0 fully saturated rings. The van der Waals surface area contributed by atoms with Crippen LogP contribution in [0.1, 0.15) is 22.4 Å². The van der Waals surface area contributed by atoms with Crippen molar-refractivity contribution >= 4 is 33.9 Å². The van der Waals surface area contributed by atoms with E-state index in [0.717, 1.165) is 5.39 Å². The quantitative estimate of drug-likeness (QED) is 0.443. The number of hydrogen-bond acceptors (Lipinski definition) is 7. The lowest BCUT2D eigenvalue weighted by molar-refractivity contribution is -0.0411. The molecule has 0 unspecified atom stereocenters. The van der Waals surface area contributed by atoms with E-state index < -0.39 is 12.2 Å². The average Bonchev–Trinajstić information content (AvgIpc) is 3.32. The van der Waals surface area contributed by atoms with Crippen LogP contribution in [0, 0.1) is 0 Å². The van der Waals surface area contributed by atoms with E-state index in [-0.39, 0.29) is 11.3 Å². The van der Waals surface area contributed by atoms with E-state index in [9.17, 15) is 15.0 Å². The number of carbonyl (C=O) groups is 1. The van der Waals surface area contributed by atoms with Crippen molar-refractivity contribution in [2.45, 2.75) is 6.29 Å². The summed E-state index contributed by atoms with van der Waals surface area (Å²) < 4.78 is 10.6. The number of carbonyl (C=O) groups excluding carboxylic acids is 1. The first kappa shape index (κ1) is 18.2. The van der Waals surface area contributed by atoms with Gasteiger partial charge in [0.2, 0.25) is 5.88 Å². The molecule has 0 atom stereocenters. The summed E-state index contributed by atoms with van der Waals surface area (Å²) in [7, 11) is 1.52. The molecule has 0 saturated carbocycles. The smallest absolute Gasteiger partial charge is 0.291 e. The van der Waals surface area contributed by atoms with Gasteiger partial charge < -0.3 is 24.7 Å². The molecule has 1 amide bonds. The van der Waals surface area contributed by atoms with Gasteiger partial charge in [-0.25, -0.2) is 4.98 Å². The van der Waals surface area contributed by atoms with Gasteiger partial charge in [-0.1, -0.05) is 18.2 Å². The molecule has 0 saturated heterocycles. The van der Waals surface area contributed by atoms with Crippen LogP contribution in [-0.4, -0.2) is 28.2 Å². The molecular formula is C20H16N2O5S. The van der Waals surface area contributed by atoms with Crippen LogP contribution < -0.4 is 10.1 Å². The molecule has 4 aromatic rings. The van der Waals surface area contributed by atoms with Gasteiger partial charge in [0.25, 0.3) is 5.91 Å². The number of fused-ring (bicyclic) bond motifs is 1. The number of thiophene rings is 1. The molecule has 0 spiro atoms. The topological polar surface area (TPSA) is 105 Å². The Labute approximate surface area is 163 Å². The number of aromatic nitrogens is 1. The molecule has 4 rings (SSSR count). The molecule has 3 aromatic heterocycles. The summed E-state index contributed by atoms with van der Waals surface area (Å²) >= 11 is 1.27. The van der Waals surface area contributed by atoms with E-state index in [4.69, 9.17) is 9.15 Å². The number of ether oxygens (including phenoxy) is 1. The largest absolute Gasteiger partial charge is 0.481 e. The predicted molar refractivity (Wildman–Crippen MR) is 105 cm³/mol. The van der Waals surface area contributed by atoms with Crippen LogP contribution in [0.25, 0.3) is 21.4 Å². The van der Waals surface area contributed by atoms with Crippen molar-refractivity contribution in [2.24, 2.45) is 0 Å². The van der Waals surface area contributed by atoms with Crippen LogP contribution in [0.4, 0.5) is 5.69 Å². The maximum Gasteiger partial charge on any atom is 0.291 e. The number of aliphatic hydroxyl groups is 2. The number of pyridine rings is 1. The van der Waals surface area contributed by atoms with E-state index >= 15 is 0 Å². The Balaban J connectivity index is 1.65. The Morgan fingerprint density at radius 1 is 1.25 bits per heavy atom. The number of aliphatic hydroxyl groups excluding tert-OH is 1. The monoisotopic (exact) mass is 396 g/mol. The molecule has 142 valence electrons. The van der Waals surface area contributed by atoms with Crippen molar-refractivity contribution in [1.82, 2.24) is 4.98 Å². The number of rotatable bonds is 5. The van der Waals surface area contributed by atoms with Gasteiger partial charge in [-0.2, -0.15) is 0 Å². The fourth-order valence-corrected chi connectivity index (χ4v) is 3.88. The zero-order valence-electron chi connectivity index (χ0n) is 14.7. The highest BCUT2D eigenvalue weighted by Crippen LogP contribution is 2.39. The number of methoxy groups -OCH3 is 1. The molecule has 1 aromatic carbocycles. The minimum absolute atomic E-state index is 0.137. The summed E-state index contributed by atoms with van der Waals surface area (Å²) in [5, 5.41) is 24.9. The lowest BCUT2D eigenvalue weighted by Gasteiger charge is -2.10. The van der Waals surface area contributed by atoms with Crippen LogP contribution in [0.5, 0.6) is 5.88 Å². The highest BCUT2D eigenvalue weighted by atomic mass is 32.1. The highest BCUT2D eigenvalue weighted by Gasteiger charge is 2.22. The maximum absolute atomic E-state index is 12.6. The highest BCUT2D eigenvalue weighted by molar-refractivity contribution is 7.14. The van der Waals surface area contributed by atoms with Crippen LogP contribution in [0.15, 0.2) is 58.5 Å². The molecule has 3 heterocycles. The summed E-state index contributed by atoms with van der Waals surface area (Å²) in [5.74, 6) is 0.110. The molecule has 8 heteroatoms. The molecule has 7 nitrogen and oxygen atoms in total. The summed E-state index contributed by atoms with van der Waals surface area (Å²) in [4.78, 5) is 17.3. The zero-order valence-corrected chi connectivity index (χ0v) is 15.6. The molecule has 28 heavy (non-hydrogen) atoms. The lowest BCUT2D eigenvalue weighted by atomic mass is 10.1. The Bertz CT molecular complexity index is 1100. The first-order chi connectivity index (χ1) is 13.6. The van der Waals surface area contributed by atoms with Gasteiger partial charge in [-0.05, 0) is 18.2 Å². The van der Waals surface area contributed by atoms with Crippen molar-refractivity contribution in [1.29, 1.82) is 0 Å². The first-order valence-electron chi connectivity index (χ1n) is 8.34. The second kappa shape index (κ2) is 7.43. The van der Waals surface area contributed by atoms with Crippen LogP contribution in [-0.2, 0) is 0 Å². The van der Waals surface area contributed by atoms with E-state index in [1.165, 1.54) is 18.4 Å². The van der Waals surface area contributed by atoms with Gasteiger partial charge in [0, 0.05) is 39.0 Å². The number of nitrogens with zero attached hydrogens (tertiary/aromatic N) is 1. The SMILES string of the molecule is COc1ccc(-c2scc(NC(=O)c3cc4ccccc4o3)c2C(O)O)cn1. The zero-order chi connectivity index (χ0) is 19.7. The second-order valence-corrected chi connectivity index (χ2v) is 6.84. The van der Waals surface area contributed by atoms with E-state index in [2.05, 4.69) is 10.3 Å². The van der Waals surface area contributed by atoms with E-state index in [0.29, 0.717) is 27.6 Å². The van der Waals surface area contributed by atoms with Crippen LogP contribution in [0.3, 0.4) is 0 Å². The van der Waals surface area contributed by atoms with Crippen LogP contribution in [0.2, 0.25) is 0 Å². The third-order valence-corrected chi connectivity index (χ3v) is 5.24. The fraction of sp³-hybridized carbons (Fsp3) is 0.100. The maximum atomic E-state index is 12.6. The second-order valence-electron chi connectivity index (χ2n) is 5.96. The van der Waals surface area contributed by atoms with Gasteiger partial charge in [0.1, 0.15) is 5.58 Å². The van der Waals surface area contributed by atoms with Gasteiger partial charge in [-0.15, -0.1) is 11.3 Å². The summed E-state index contributed by atoms with van der Waals surface area (Å²) in [6, 6.07) is 12.4. The van der Waals surface area contributed by atoms with Crippen molar-refractivity contribution in [3.05, 3.63) is 65.4 Å². The minimum Gasteiger partial charge on any atom is -0.481 e. The number of furan rings is 1. The third-order valence-electron chi connectivity index (χ3n) is 4.19. The van der Waals surface area contributed by atoms with E-state index in [1.807, 2.05) is 18.2 Å². The standard InChI is InChI=1S/C20H16N2O5S/c1-26-16-7-6-12(9-21-16)18-17(20(24)25)13(10-28-18)22-19(23)15-8-11-4-2-3-5-14(11)27-15/h2-10,20,24-25H,1H3,(H,22,23). The minimum atomic E-state index is -1.77. The Morgan fingerprint density at radius 2 is 2.07 bits per heavy atom. The molecule has 0 aliphatic heterocycles. The summed E-state index contributed by atoms with van der Waals surface area (Å²) in [6.07, 6.45) is -0.198. The Hall–Kier alpha value is -3.20. The third kappa shape index (κ3) is 3.36. The number of amides is 1. The van der Waals surface area contributed by atoms with Gasteiger partial charge >= 0.3 is 0 Å². The summed E-state index contributed by atoms with van der Waals surface area (Å²) in [5.41, 5.74) is 1.78. The number of benzene rings is 1. The summed E-state index contributed by atoms with van der Waals surface area (Å²) in [6.45, 7) is 0. The number of para-hydroxylation sites is 1. The van der Waals surface area contributed by atoms with Crippen molar-refractivity contribution in [2.75, 3.05) is 12.4 Å². The van der Waals surface area contributed by atoms with Crippen LogP contribution >= 0.6 is 11.3 Å². The predicted octanol–water partition coefficient (Wildman–Crippen LogP) is 3.80. The number of anilines is 1. The Kier molecular flexibility index (Phi) is 4.82. The molecule has 0 aliphatic carbocycles. The molecule has 0 aliphatic rings.